The lowest BCUT2D eigenvalue weighted by Crippen LogP contribution is -2.15. The molecule has 0 saturated carbocycles. The second kappa shape index (κ2) is 5.07. The van der Waals surface area contributed by atoms with Crippen LogP contribution in [-0.2, 0) is 6.42 Å². The van der Waals surface area contributed by atoms with E-state index in [-0.39, 0.29) is 11.9 Å². The van der Waals surface area contributed by atoms with Gasteiger partial charge in [0.25, 0.3) is 0 Å². The number of hydrogen-bond acceptors (Lipinski definition) is 3. The topological polar surface area (TPSA) is 53.2 Å². The molecule has 4 heteroatoms. The summed E-state index contributed by atoms with van der Waals surface area (Å²) in [5.74, 6) is 0.943. The van der Waals surface area contributed by atoms with Crippen molar-refractivity contribution in [1.82, 2.24) is 0 Å². The van der Waals surface area contributed by atoms with E-state index in [9.17, 15) is 5.11 Å². The average Bonchev–Trinajstić information content (AvgIpc) is 2.46. The van der Waals surface area contributed by atoms with Crippen LogP contribution >= 0.6 is 11.6 Å². The smallest absolute Gasteiger partial charge is 0.125 e. The third-order valence-electron chi connectivity index (χ3n) is 3.47. The van der Waals surface area contributed by atoms with Crippen molar-refractivity contribution in [2.75, 3.05) is 0 Å². The van der Waals surface area contributed by atoms with Crippen molar-refractivity contribution in [3.8, 4) is 17.6 Å². The van der Waals surface area contributed by atoms with Gasteiger partial charge >= 0.3 is 0 Å². The molecule has 1 atom stereocenters. The number of nitriles is 1. The highest BCUT2D eigenvalue weighted by Gasteiger charge is 2.23. The lowest BCUT2D eigenvalue weighted by atomic mass is 9.96. The summed E-state index contributed by atoms with van der Waals surface area (Å²) in [6, 6.07) is 12.5. The Hall–Kier alpha value is -2.18. The van der Waals surface area contributed by atoms with Gasteiger partial charge in [-0.15, -0.1) is 0 Å². The van der Waals surface area contributed by atoms with E-state index in [2.05, 4.69) is 6.07 Å². The maximum atomic E-state index is 9.40. The molecular formula is C16H12ClNO2. The fraction of sp³-hybridized carbons (Fsp3) is 0.188. The van der Waals surface area contributed by atoms with Gasteiger partial charge in [0.1, 0.15) is 17.6 Å². The number of rotatable bonds is 1. The zero-order valence-electron chi connectivity index (χ0n) is 10.6. The van der Waals surface area contributed by atoms with Crippen LogP contribution < -0.4 is 4.74 Å². The lowest BCUT2D eigenvalue weighted by molar-refractivity contribution is 0.176. The van der Waals surface area contributed by atoms with Gasteiger partial charge in [-0.3, -0.25) is 0 Å². The van der Waals surface area contributed by atoms with Gasteiger partial charge in [0.2, 0.25) is 0 Å². The third-order valence-corrected chi connectivity index (χ3v) is 3.79. The highest BCUT2D eigenvalue weighted by molar-refractivity contribution is 6.31. The van der Waals surface area contributed by atoms with Gasteiger partial charge in [-0.1, -0.05) is 17.7 Å². The normalized spacial score (nSPS) is 16.9. The number of phenolic OH excluding ortho intramolecular Hbond substituents is 1. The van der Waals surface area contributed by atoms with Gasteiger partial charge in [-0.05, 0) is 48.7 Å². The molecule has 0 saturated heterocycles. The van der Waals surface area contributed by atoms with Gasteiger partial charge < -0.3 is 9.84 Å². The molecule has 0 aliphatic carbocycles. The summed E-state index contributed by atoms with van der Waals surface area (Å²) in [6.45, 7) is 0. The molecule has 1 aliphatic heterocycles. The van der Waals surface area contributed by atoms with E-state index in [4.69, 9.17) is 21.6 Å². The first kappa shape index (κ1) is 12.8. The highest BCUT2D eigenvalue weighted by Crippen LogP contribution is 2.38. The Labute approximate surface area is 122 Å². The fourth-order valence-corrected chi connectivity index (χ4v) is 2.75. The Morgan fingerprint density at radius 1 is 1.25 bits per heavy atom. The van der Waals surface area contributed by atoms with Gasteiger partial charge in [0.05, 0.1) is 16.7 Å². The molecular weight excluding hydrogens is 274 g/mol. The number of aryl methyl sites for hydroxylation is 1. The van der Waals surface area contributed by atoms with Crippen LogP contribution in [0.5, 0.6) is 11.5 Å². The summed E-state index contributed by atoms with van der Waals surface area (Å²) >= 11 is 6.15. The van der Waals surface area contributed by atoms with E-state index in [1.165, 1.54) is 6.07 Å². The van der Waals surface area contributed by atoms with E-state index < -0.39 is 0 Å². The van der Waals surface area contributed by atoms with Crippen LogP contribution in [0.25, 0.3) is 0 Å². The first-order valence-corrected chi connectivity index (χ1v) is 6.73. The summed E-state index contributed by atoms with van der Waals surface area (Å²) in [5.41, 5.74) is 2.57. The number of benzene rings is 2. The van der Waals surface area contributed by atoms with Crippen LogP contribution in [0.4, 0.5) is 0 Å². The Morgan fingerprint density at radius 3 is 2.85 bits per heavy atom. The molecule has 100 valence electrons. The fourth-order valence-electron chi connectivity index (χ4n) is 2.45. The Balaban J connectivity index is 1.90. The van der Waals surface area contributed by atoms with Crippen LogP contribution in [0.2, 0.25) is 5.02 Å². The lowest BCUT2D eigenvalue weighted by Gasteiger charge is -2.27. The summed E-state index contributed by atoms with van der Waals surface area (Å²) in [5, 5.41) is 18.8. The largest absolute Gasteiger partial charge is 0.508 e. The summed E-state index contributed by atoms with van der Waals surface area (Å²) in [7, 11) is 0. The average molecular weight is 286 g/mol. The number of hydrogen-bond donors (Lipinski definition) is 1. The maximum absolute atomic E-state index is 9.40. The zero-order valence-corrected chi connectivity index (χ0v) is 11.4. The van der Waals surface area contributed by atoms with Gasteiger partial charge in [0, 0.05) is 5.56 Å². The molecule has 0 radical (unpaired) electrons. The van der Waals surface area contributed by atoms with Crippen molar-refractivity contribution in [3.05, 3.63) is 58.1 Å². The highest BCUT2D eigenvalue weighted by atomic mass is 35.5. The van der Waals surface area contributed by atoms with Gasteiger partial charge in [-0.25, -0.2) is 0 Å². The van der Waals surface area contributed by atoms with Gasteiger partial charge in [0.15, 0.2) is 0 Å². The van der Waals surface area contributed by atoms with E-state index in [0.717, 1.165) is 29.7 Å². The molecule has 0 spiro atoms. The molecule has 1 aliphatic rings. The van der Waals surface area contributed by atoms with Crippen LogP contribution in [-0.4, -0.2) is 5.11 Å². The van der Waals surface area contributed by atoms with E-state index in [1.807, 2.05) is 12.1 Å². The zero-order chi connectivity index (χ0) is 14.1. The Morgan fingerprint density at radius 2 is 2.10 bits per heavy atom. The number of aromatic hydroxyl groups is 1. The van der Waals surface area contributed by atoms with E-state index in [0.29, 0.717) is 10.6 Å². The minimum Gasteiger partial charge on any atom is -0.508 e. The predicted molar refractivity (Wildman–Crippen MR) is 76.0 cm³/mol. The molecule has 0 aromatic heterocycles. The molecule has 0 amide bonds. The summed E-state index contributed by atoms with van der Waals surface area (Å²) in [4.78, 5) is 0. The number of halogens is 1. The number of nitrogens with zero attached hydrogens (tertiary/aromatic N) is 1. The summed E-state index contributed by atoms with van der Waals surface area (Å²) in [6.07, 6.45) is 1.52. The van der Waals surface area contributed by atoms with Crippen molar-refractivity contribution >= 4 is 11.6 Å². The number of fused-ring (bicyclic) bond motifs is 1. The molecule has 1 N–H and O–H groups in total. The minimum atomic E-state index is -0.122. The van der Waals surface area contributed by atoms with Crippen molar-refractivity contribution in [1.29, 1.82) is 5.26 Å². The standard InChI is InChI=1S/C16H12ClNO2/c17-14-8-12(19)3-4-13(14)16-6-2-11-7-10(9-18)1-5-15(11)20-16/h1,3-5,7-8,16,19H,2,6H2. The van der Waals surface area contributed by atoms with Crippen LogP contribution in [0.15, 0.2) is 36.4 Å². The first-order chi connectivity index (χ1) is 9.67. The summed E-state index contributed by atoms with van der Waals surface area (Å²) < 4.78 is 5.96. The monoisotopic (exact) mass is 285 g/mol. The molecule has 3 nitrogen and oxygen atoms in total. The van der Waals surface area contributed by atoms with Crippen molar-refractivity contribution in [3.63, 3.8) is 0 Å². The molecule has 2 aromatic carbocycles. The molecule has 1 heterocycles. The molecule has 0 fully saturated rings. The van der Waals surface area contributed by atoms with Crippen molar-refractivity contribution in [2.45, 2.75) is 18.9 Å². The Kier molecular flexibility index (Phi) is 3.25. The second-order valence-corrected chi connectivity index (χ2v) is 5.19. The van der Waals surface area contributed by atoms with Gasteiger partial charge in [-0.2, -0.15) is 5.26 Å². The molecule has 0 bridgehead atoms. The van der Waals surface area contributed by atoms with Crippen molar-refractivity contribution in [2.24, 2.45) is 0 Å². The van der Waals surface area contributed by atoms with E-state index in [1.54, 1.807) is 18.2 Å². The minimum absolute atomic E-state index is 0.122. The van der Waals surface area contributed by atoms with Crippen LogP contribution in [0.1, 0.15) is 29.2 Å². The molecule has 1 unspecified atom stereocenters. The maximum Gasteiger partial charge on any atom is 0.125 e. The van der Waals surface area contributed by atoms with Crippen molar-refractivity contribution < 1.29 is 9.84 Å². The molecule has 20 heavy (non-hydrogen) atoms. The van der Waals surface area contributed by atoms with Crippen LogP contribution in [0, 0.1) is 11.3 Å². The SMILES string of the molecule is N#Cc1ccc2c(c1)CCC(c1ccc(O)cc1Cl)O2. The molecule has 2 aromatic rings. The first-order valence-electron chi connectivity index (χ1n) is 6.35. The third kappa shape index (κ3) is 2.31. The number of ether oxygens (including phenoxy) is 1. The van der Waals surface area contributed by atoms with Crippen LogP contribution in [0.3, 0.4) is 0 Å². The Bertz CT molecular complexity index is 706. The number of phenols is 1. The quantitative estimate of drug-likeness (QED) is 0.862. The predicted octanol–water partition coefficient (Wildman–Crippen LogP) is 3.98. The van der Waals surface area contributed by atoms with E-state index >= 15 is 0 Å². The second-order valence-electron chi connectivity index (χ2n) is 4.79. The molecule has 3 rings (SSSR count).